The third-order valence-corrected chi connectivity index (χ3v) is 0.979. The van der Waals surface area contributed by atoms with E-state index in [1.54, 1.807) is 0 Å². The molecule has 0 aliphatic heterocycles. The average Bonchev–Trinajstić information content (AvgIpc) is 1.81. The molecule has 0 spiro atoms. The Morgan fingerprint density at radius 3 is 1.44 bits per heavy atom. The van der Waals surface area contributed by atoms with Crippen molar-refractivity contribution in [2.75, 3.05) is 26.2 Å². The maximum Gasteiger partial charge on any atom is 0.00766 e. The molecular formula is C6H17BrN2. The van der Waals surface area contributed by atoms with E-state index in [1.807, 2.05) is 0 Å². The molecule has 0 atom stereocenters. The van der Waals surface area contributed by atoms with Gasteiger partial charge < -0.3 is 10.6 Å². The molecule has 0 heterocycles. The third kappa shape index (κ3) is 11.8. The molecule has 0 aromatic carbocycles. The normalized spacial score (nSPS) is 8.67. The number of hydrogen-bond donors (Lipinski definition) is 2. The van der Waals surface area contributed by atoms with Gasteiger partial charge in [-0.1, -0.05) is 13.8 Å². The molecule has 3 heteroatoms. The van der Waals surface area contributed by atoms with Gasteiger partial charge in [0.25, 0.3) is 0 Å². The Bertz CT molecular complexity index is 36.0. The number of nitrogens with one attached hydrogen (secondary N) is 2. The maximum atomic E-state index is 3.22. The Labute approximate surface area is 68.2 Å². The molecule has 2 N–H and O–H groups in total. The molecule has 0 aliphatic rings. The fourth-order valence-corrected chi connectivity index (χ4v) is 0.530. The molecule has 0 aromatic heterocycles. The zero-order valence-electron chi connectivity index (χ0n) is 6.24. The van der Waals surface area contributed by atoms with Crippen LogP contribution < -0.4 is 10.6 Å². The number of hydrogen-bond acceptors (Lipinski definition) is 2. The van der Waals surface area contributed by atoms with Crippen LogP contribution in [0.5, 0.6) is 0 Å². The summed E-state index contributed by atoms with van der Waals surface area (Å²) >= 11 is 0. The van der Waals surface area contributed by atoms with Crippen LogP contribution in [0.15, 0.2) is 0 Å². The van der Waals surface area contributed by atoms with Gasteiger partial charge in [-0.15, -0.1) is 17.0 Å². The van der Waals surface area contributed by atoms with Gasteiger partial charge in [0.2, 0.25) is 0 Å². The van der Waals surface area contributed by atoms with Crippen molar-refractivity contribution < 1.29 is 0 Å². The number of rotatable bonds is 5. The van der Waals surface area contributed by atoms with Crippen LogP contribution in [-0.2, 0) is 0 Å². The van der Waals surface area contributed by atoms with Crippen molar-refractivity contribution in [2.24, 2.45) is 0 Å². The van der Waals surface area contributed by atoms with Crippen LogP contribution in [0.3, 0.4) is 0 Å². The van der Waals surface area contributed by atoms with Crippen molar-refractivity contribution >= 4 is 17.0 Å². The van der Waals surface area contributed by atoms with Crippen LogP contribution in [-0.4, -0.2) is 26.2 Å². The summed E-state index contributed by atoms with van der Waals surface area (Å²) in [5, 5.41) is 6.44. The van der Waals surface area contributed by atoms with Crippen LogP contribution in [0.4, 0.5) is 0 Å². The Hall–Kier alpha value is 0.400. The molecule has 0 amide bonds. The first-order valence-electron chi connectivity index (χ1n) is 3.33. The minimum Gasteiger partial charge on any atom is -0.316 e. The second-order valence-corrected chi connectivity index (χ2v) is 1.71. The molecule has 9 heavy (non-hydrogen) atoms. The molecule has 58 valence electrons. The minimum atomic E-state index is 0. The van der Waals surface area contributed by atoms with Gasteiger partial charge in [0, 0.05) is 13.1 Å². The first-order chi connectivity index (χ1) is 3.91. The van der Waals surface area contributed by atoms with Crippen LogP contribution in [0.2, 0.25) is 0 Å². The second kappa shape index (κ2) is 11.2. The molecule has 0 fully saturated rings. The highest BCUT2D eigenvalue weighted by atomic mass is 79.9. The van der Waals surface area contributed by atoms with Gasteiger partial charge >= 0.3 is 0 Å². The topological polar surface area (TPSA) is 24.1 Å². The van der Waals surface area contributed by atoms with Gasteiger partial charge in [-0.2, -0.15) is 0 Å². The van der Waals surface area contributed by atoms with E-state index in [2.05, 4.69) is 24.5 Å². The predicted molar refractivity (Wildman–Crippen MR) is 47.4 cm³/mol. The molecule has 0 rings (SSSR count). The maximum absolute atomic E-state index is 3.22. The lowest BCUT2D eigenvalue weighted by Crippen LogP contribution is -2.26. The highest BCUT2D eigenvalue weighted by Gasteiger charge is 1.79. The van der Waals surface area contributed by atoms with Crippen molar-refractivity contribution in [1.29, 1.82) is 0 Å². The fourth-order valence-electron chi connectivity index (χ4n) is 0.530. The largest absolute Gasteiger partial charge is 0.316 e. The molecule has 0 saturated heterocycles. The van der Waals surface area contributed by atoms with E-state index in [9.17, 15) is 0 Å². The van der Waals surface area contributed by atoms with Gasteiger partial charge in [0.05, 0.1) is 0 Å². The molecule has 0 radical (unpaired) electrons. The summed E-state index contributed by atoms with van der Waals surface area (Å²) in [5.74, 6) is 0. The zero-order valence-corrected chi connectivity index (χ0v) is 7.95. The van der Waals surface area contributed by atoms with Crippen molar-refractivity contribution in [1.82, 2.24) is 10.6 Å². The van der Waals surface area contributed by atoms with Crippen LogP contribution in [0.1, 0.15) is 13.8 Å². The highest BCUT2D eigenvalue weighted by Crippen LogP contribution is 1.56. The lowest BCUT2D eigenvalue weighted by atomic mass is 10.6. The minimum absolute atomic E-state index is 0. The van der Waals surface area contributed by atoms with Gasteiger partial charge in [-0.3, -0.25) is 0 Å². The molecule has 2 nitrogen and oxygen atoms in total. The van der Waals surface area contributed by atoms with Crippen molar-refractivity contribution in [3.63, 3.8) is 0 Å². The standard InChI is InChI=1S/C6H16N2.BrH/c1-3-7-5-6-8-4-2;/h7-8H,3-6H2,1-2H3;1H. The molecule has 0 bridgehead atoms. The van der Waals surface area contributed by atoms with Gasteiger partial charge in [-0.05, 0) is 13.1 Å². The van der Waals surface area contributed by atoms with E-state index in [0.29, 0.717) is 0 Å². The van der Waals surface area contributed by atoms with Gasteiger partial charge in [0.1, 0.15) is 0 Å². The van der Waals surface area contributed by atoms with Crippen LogP contribution in [0.25, 0.3) is 0 Å². The highest BCUT2D eigenvalue weighted by molar-refractivity contribution is 8.93. The van der Waals surface area contributed by atoms with Crippen molar-refractivity contribution in [3.8, 4) is 0 Å². The Balaban J connectivity index is 0. The second-order valence-electron chi connectivity index (χ2n) is 1.71. The first-order valence-corrected chi connectivity index (χ1v) is 3.33. The predicted octanol–water partition coefficient (Wildman–Crippen LogP) is 0.783. The molecular weight excluding hydrogens is 180 g/mol. The first kappa shape index (κ1) is 12.1. The summed E-state index contributed by atoms with van der Waals surface area (Å²) in [6, 6.07) is 0. The van der Waals surface area contributed by atoms with Crippen molar-refractivity contribution in [2.45, 2.75) is 13.8 Å². The summed E-state index contributed by atoms with van der Waals surface area (Å²) < 4.78 is 0. The van der Waals surface area contributed by atoms with Crippen LogP contribution >= 0.6 is 17.0 Å². The van der Waals surface area contributed by atoms with Gasteiger partial charge in [-0.25, -0.2) is 0 Å². The van der Waals surface area contributed by atoms with E-state index >= 15 is 0 Å². The third-order valence-electron chi connectivity index (χ3n) is 0.979. The molecule has 0 aliphatic carbocycles. The van der Waals surface area contributed by atoms with Crippen LogP contribution in [0, 0.1) is 0 Å². The SMILES string of the molecule is Br.CCNCCNCC. The van der Waals surface area contributed by atoms with Gasteiger partial charge in [0.15, 0.2) is 0 Å². The molecule has 0 saturated carbocycles. The average molecular weight is 197 g/mol. The Morgan fingerprint density at radius 1 is 0.889 bits per heavy atom. The number of halogens is 1. The fraction of sp³-hybridized carbons (Fsp3) is 1.00. The molecule has 0 aromatic rings. The summed E-state index contributed by atoms with van der Waals surface area (Å²) in [7, 11) is 0. The Kier molecular flexibility index (Phi) is 15.1. The monoisotopic (exact) mass is 196 g/mol. The lowest BCUT2D eigenvalue weighted by Gasteiger charge is -1.99. The molecule has 0 unspecified atom stereocenters. The lowest BCUT2D eigenvalue weighted by molar-refractivity contribution is 0.641. The quantitative estimate of drug-likeness (QED) is 0.636. The van der Waals surface area contributed by atoms with E-state index in [0.717, 1.165) is 26.2 Å². The Morgan fingerprint density at radius 2 is 1.22 bits per heavy atom. The summed E-state index contributed by atoms with van der Waals surface area (Å²) in [6.07, 6.45) is 0. The van der Waals surface area contributed by atoms with E-state index in [-0.39, 0.29) is 17.0 Å². The van der Waals surface area contributed by atoms with E-state index < -0.39 is 0 Å². The van der Waals surface area contributed by atoms with E-state index in [1.165, 1.54) is 0 Å². The van der Waals surface area contributed by atoms with E-state index in [4.69, 9.17) is 0 Å². The summed E-state index contributed by atoms with van der Waals surface area (Å²) in [5.41, 5.74) is 0. The number of likely N-dealkylation sites (N-methyl/N-ethyl adjacent to an activating group) is 2. The van der Waals surface area contributed by atoms with Crippen molar-refractivity contribution in [3.05, 3.63) is 0 Å². The summed E-state index contributed by atoms with van der Waals surface area (Å²) in [6.45, 7) is 8.56. The zero-order chi connectivity index (χ0) is 6.24. The summed E-state index contributed by atoms with van der Waals surface area (Å²) in [4.78, 5) is 0. The smallest absolute Gasteiger partial charge is 0.00766 e.